The molecule has 2 aliphatic carbocycles. The van der Waals surface area contributed by atoms with E-state index in [1.807, 2.05) is 11.5 Å². The number of aromatic carboxylic acids is 1. The first-order chi connectivity index (χ1) is 12.9. The zero-order valence-electron chi connectivity index (χ0n) is 15.2. The number of hydrogen-bond donors (Lipinski definition) is 2. The van der Waals surface area contributed by atoms with Crippen LogP contribution in [0.4, 0.5) is 10.1 Å². The van der Waals surface area contributed by atoms with Crippen LogP contribution in [0.5, 0.6) is 0 Å². The second kappa shape index (κ2) is 5.55. The summed E-state index contributed by atoms with van der Waals surface area (Å²) in [5.41, 5.74) is 1.15. The molecule has 0 bridgehead atoms. The third kappa shape index (κ3) is 2.56. The smallest absolute Gasteiger partial charge is 0.341 e. The number of benzene rings is 1. The molecule has 1 saturated heterocycles. The average Bonchev–Trinajstić information content (AvgIpc) is 3.53. The Hall–Kier alpha value is -2.41. The van der Waals surface area contributed by atoms with Gasteiger partial charge in [0.15, 0.2) is 0 Å². The van der Waals surface area contributed by atoms with Gasteiger partial charge in [0.25, 0.3) is 0 Å². The van der Waals surface area contributed by atoms with Crippen molar-refractivity contribution in [2.45, 2.75) is 44.2 Å². The number of halogens is 1. The maximum absolute atomic E-state index is 15.1. The van der Waals surface area contributed by atoms with Crippen molar-refractivity contribution in [1.29, 1.82) is 0 Å². The topological polar surface area (TPSA) is 74.6 Å². The molecule has 6 nitrogen and oxygen atoms in total. The molecule has 3 fully saturated rings. The summed E-state index contributed by atoms with van der Waals surface area (Å²) in [4.78, 5) is 26.3. The summed E-state index contributed by atoms with van der Waals surface area (Å²) in [7, 11) is 0. The van der Waals surface area contributed by atoms with Crippen LogP contribution in [0.2, 0.25) is 0 Å². The molecule has 2 aromatic rings. The van der Waals surface area contributed by atoms with Gasteiger partial charge in [-0.05, 0) is 44.2 Å². The third-order valence-electron chi connectivity index (χ3n) is 6.19. The number of anilines is 1. The lowest BCUT2D eigenvalue weighted by Gasteiger charge is -2.37. The summed E-state index contributed by atoms with van der Waals surface area (Å²) in [5, 5.41) is 13.1. The third-order valence-corrected chi connectivity index (χ3v) is 6.19. The first-order valence-corrected chi connectivity index (χ1v) is 9.51. The van der Waals surface area contributed by atoms with E-state index in [9.17, 15) is 14.7 Å². The average molecular weight is 371 g/mol. The van der Waals surface area contributed by atoms with E-state index >= 15 is 4.39 Å². The predicted molar refractivity (Wildman–Crippen MR) is 100 cm³/mol. The summed E-state index contributed by atoms with van der Waals surface area (Å²) in [6.07, 6.45) is 5.54. The molecule has 0 radical (unpaired) electrons. The van der Waals surface area contributed by atoms with Gasteiger partial charge in [0.1, 0.15) is 11.4 Å². The molecule has 3 aliphatic rings. The minimum absolute atomic E-state index is 0.107. The van der Waals surface area contributed by atoms with Gasteiger partial charge < -0.3 is 19.9 Å². The number of carboxylic acids is 1. The maximum atomic E-state index is 15.1. The van der Waals surface area contributed by atoms with Crippen LogP contribution in [0.1, 0.15) is 47.6 Å². The molecule has 1 aromatic carbocycles. The standard InChI is InChI=1S/C20H22FN3O3/c1-11-16-13(18(25)14(19(26)27)9-24(16)12-2-3-12)8-15(21)17(11)23-7-6-22-20(10-23)4-5-20/h8-9,12,22H,2-7,10H2,1H3,(H,26,27). The van der Waals surface area contributed by atoms with Gasteiger partial charge in [-0.25, -0.2) is 9.18 Å². The van der Waals surface area contributed by atoms with Gasteiger partial charge in [0.05, 0.1) is 11.2 Å². The molecule has 2 N–H and O–H groups in total. The molecular formula is C20H22FN3O3. The highest BCUT2D eigenvalue weighted by Gasteiger charge is 2.46. The minimum Gasteiger partial charge on any atom is -0.477 e. The van der Waals surface area contributed by atoms with Crippen LogP contribution >= 0.6 is 0 Å². The number of aryl methyl sites for hydroxylation is 1. The maximum Gasteiger partial charge on any atom is 0.341 e. The SMILES string of the molecule is Cc1c(N2CCNC3(CC3)C2)c(F)cc2c(=O)c(C(=O)O)cn(C3CC3)c12. The van der Waals surface area contributed by atoms with E-state index in [-0.39, 0.29) is 22.5 Å². The Morgan fingerprint density at radius 1 is 1.37 bits per heavy atom. The van der Waals surface area contributed by atoms with E-state index < -0.39 is 17.2 Å². The molecule has 1 aromatic heterocycles. The molecule has 1 spiro atoms. The van der Waals surface area contributed by atoms with Gasteiger partial charge in [-0.15, -0.1) is 0 Å². The molecule has 2 heterocycles. The van der Waals surface area contributed by atoms with E-state index in [2.05, 4.69) is 10.2 Å². The quantitative estimate of drug-likeness (QED) is 0.867. The number of carbonyl (C=O) groups is 1. The lowest BCUT2D eigenvalue weighted by Crippen LogP contribution is -2.53. The van der Waals surface area contributed by atoms with Crippen LogP contribution in [0, 0.1) is 12.7 Å². The lowest BCUT2D eigenvalue weighted by atomic mass is 10.0. The Morgan fingerprint density at radius 2 is 2.11 bits per heavy atom. The van der Waals surface area contributed by atoms with Gasteiger partial charge in [-0.3, -0.25) is 4.79 Å². The second-order valence-electron chi connectivity index (χ2n) is 8.17. The van der Waals surface area contributed by atoms with Crippen molar-refractivity contribution in [2.24, 2.45) is 0 Å². The number of aromatic nitrogens is 1. The summed E-state index contributed by atoms with van der Waals surface area (Å²) in [6.45, 7) is 4.13. The second-order valence-corrected chi connectivity index (χ2v) is 8.17. The molecule has 0 amide bonds. The van der Waals surface area contributed by atoms with E-state index in [1.54, 1.807) is 0 Å². The molecule has 5 rings (SSSR count). The van der Waals surface area contributed by atoms with E-state index in [4.69, 9.17) is 0 Å². The largest absolute Gasteiger partial charge is 0.477 e. The van der Waals surface area contributed by atoms with Crippen LogP contribution in [0.15, 0.2) is 17.1 Å². The van der Waals surface area contributed by atoms with Gasteiger partial charge in [-0.1, -0.05) is 0 Å². The number of pyridine rings is 1. The summed E-state index contributed by atoms with van der Waals surface area (Å²) in [6, 6.07) is 1.42. The van der Waals surface area contributed by atoms with Crippen LogP contribution < -0.4 is 15.6 Å². The fourth-order valence-electron chi connectivity index (χ4n) is 4.48. The highest BCUT2D eigenvalue weighted by Crippen LogP contribution is 2.42. The predicted octanol–water partition coefficient (Wildman–Crippen LogP) is 2.42. The monoisotopic (exact) mass is 371 g/mol. The number of piperazine rings is 1. The first-order valence-electron chi connectivity index (χ1n) is 9.51. The van der Waals surface area contributed by atoms with E-state index in [0.717, 1.165) is 44.3 Å². The Kier molecular flexibility index (Phi) is 3.44. The Bertz CT molecular complexity index is 1040. The van der Waals surface area contributed by atoms with Crippen LogP contribution in [0.3, 0.4) is 0 Å². The molecule has 0 unspecified atom stereocenters. The van der Waals surface area contributed by atoms with Crippen molar-refractivity contribution in [3.05, 3.63) is 39.4 Å². The van der Waals surface area contributed by atoms with Crippen LogP contribution in [-0.2, 0) is 0 Å². The van der Waals surface area contributed by atoms with Gasteiger partial charge >= 0.3 is 5.97 Å². The van der Waals surface area contributed by atoms with Crippen molar-refractivity contribution in [3.8, 4) is 0 Å². The molecular weight excluding hydrogens is 349 g/mol. The number of nitrogens with one attached hydrogen (secondary N) is 1. The lowest BCUT2D eigenvalue weighted by molar-refractivity contribution is 0.0695. The van der Waals surface area contributed by atoms with Crippen molar-refractivity contribution >= 4 is 22.6 Å². The Labute approximate surface area is 155 Å². The van der Waals surface area contributed by atoms with Gasteiger partial charge in [-0.2, -0.15) is 0 Å². The fraction of sp³-hybridized carbons (Fsp3) is 0.500. The highest BCUT2D eigenvalue weighted by atomic mass is 19.1. The summed E-state index contributed by atoms with van der Waals surface area (Å²) < 4.78 is 17.0. The molecule has 7 heteroatoms. The number of fused-ring (bicyclic) bond motifs is 1. The zero-order chi connectivity index (χ0) is 18.9. The number of nitrogens with zero attached hydrogens (tertiary/aromatic N) is 2. The van der Waals surface area contributed by atoms with Gasteiger partial charge in [0, 0.05) is 42.8 Å². The number of rotatable bonds is 3. The first kappa shape index (κ1) is 16.7. The highest BCUT2D eigenvalue weighted by molar-refractivity contribution is 5.95. The van der Waals surface area contributed by atoms with Crippen LogP contribution in [0.25, 0.3) is 10.9 Å². The molecule has 2 saturated carbocycles. The minimum atomic E-state index is -1.27. The number of hydrogen-bond acceptors (Lipinski definition) is 4. The van der Waals surface area contributed by atoms with Crippen molar-refractivity contribution in [3.63, 3.8) is 0 Å². The van der Waals surface area contributed by atoms with E-state index in [0.29, 0.717) is 17.7 Å². The van der Waals surface area contributed by atoms with Crippen molar-refractivity contribution in [1.82, 2.24) is 9.88 Å². The van der Waals surface area contributed by atoms with Crippen molar-refractivity contribution < 1.29 is 14.3 Å². The molecule has 142 valence electrons. The fourth-order valence-corrected chi connectivity index (χ4v) is 4.48. The Morgan fingerprint density at radius 3 is 2.74 bits per heavy atom. The van der Waals surface area contributed by atoms with E-state index in [1.165, 1.54) is 12.3 Å². The summed E-state index contributed by atoms with van der Waals surface area (Å²) >= 11 is 0. The molecule has 1 aliphatic heterocycles. The van der Waals surface area contributed by atoms with Gasteiger partial charge in [0.2, 0.25) is 5.43 Å². The molecule has 0 atom stereocenters. The van der Waals surface area contributed by atoms with Crippen molar-refractivity contribution in [2.75, 3.05) is 24.5 Å². The zero-order valence-corrected chi connectivity index (χ0v) is 15.2. The summed E-state index contributed by atoms with van der Waals surface area (Å²) in [5.74, 6) is -1.71. The molecule has 27 heavy (non-hydrogen) atoms. The Balaban J connectivity index is 1.74. The normalized spacial score (nSPS) is 21.0. The van der Waals surface area contributed by atoms with Crippen LogP contribution in [-0.4, -0.2) is 40.8 Å². The number of carboxylic acid groups (broad SMARTS) is 1.